The number of nitrogens with zero attached hydrogens (tertiary/aromatic N) is 2. The highest BCUT2D eigenvalue weighted by molar-refractivity contribution is 7.91. The van der Waals surface area contributed by atoms with Crippen LogP contribution in [0.25, 0.3) is 5.65 Å². The lowest BCUT2D eigenvalue weighted by Crippen LogP contribution is -2.22. The first kappa shape index (κ1) is 13.1. The third-order valence-electron chi connectivity index (χ3n) is 3.70. The fraction of sp³-hybridized carbons (Fsp3) is 0.385. The van der Waals surface area contributed by atoms with Gasteiger partial charge in [0, 0.05) is 18.3 Å². The predicted octanol–water partition coefficient (Wildman–Crippen LogP) is 1.32. The second kappa shape index (κ2) is 4.59. The van der Waals surface area contributed by atoms with E-state index < -0.39 is 15.8 Å². The summed E-state index contributed by atoms with van der Waals surface area (Å²) in [5.41, 5.74) is 1.33. The van der Waals surface area contributed by atoms with Gasteiger partial charge in [0.2, 0.25) is 0 Å². The van der Waals surface area contributed by atoms with Crippen LogP contribution < -0.4 is 0 Å². The van der Waals surface area contributed by atoms with Crippen molar-refractivity contribution in [2.24, 2.45) is 0 Å². The second-order valence-corrected chi connectivity index (χ2v) is 7.35. The average Bonchev–Trinajstić information content (AvgIpc) is 2.81. The summed E-state index contributed by atoms with van der Waals surface area (Å²) in [4.78, 5) is 15.5. The van der Waals surface area contributed by atoms with Crippen LogP contribution in [0.2, 0.25) is 0 Å². The molecule has 7 heteroatoms. The van der Waals surface area contributed by atoms with E-state index in [9.17, 15) is 13.2 Å². The van der Waals surface area contributed by atoms with Gasteiger partial charge in [0.05, 0.1) is 17.2 Å². The summed E-state index contributed by atoms with van der Waals surface area (Å²) in [6.07, 6.45) is 4.64. The zero-order chi connectivity index (χ0) is 14.3. The number of hydrogen-bond acceptors (Lipinski definition) is 4. The van der Waals surface area contributed by atoms with Crippen LogP contribution in [0.3, 0.4) is 0 Å². The minimum atomic E-state index is -2.90. The number of carbonyl (C=O) groups is 1. The molecule has 1 fully saturated rings. The minimum absolute atomic E-state index is 0.0834. The van der Waals surface area contributed by atoms with Crippen molar-refractivity contribution in [3.63, 3.8) is 0 Å². The van der Waals surface area contributed by atoms with Crippen molar-refractivity contribution >= 4 is 21.5 Å². The van der Waals surface area contributed by atoms with E-state index in [4.69, 9.17) is 5.11 Å². The molecule has 6 nitrogen and oxygen atoms in total. The van der Waals surface area contributed by atoms with E-state index in [1.165, 1.54) is 6.07 Å². The maximum absolute atomic E-state index is 11.4. The summed E-state index contributed by atoms with van der Waals surface area (Å²) in [6, 6.07) is 3.17. The van der Waals surface area contributed by atoms with Crippen LogP contribution in [0.15, 0.2) is 24.5 Å². The number of aromatic nitrogens is 2. The fourth-order valence-corrected chi connectivity index (χ4v) is 4.07. The zero-order valence-electron chi connectivity index (χ0n) is 10.7. The van der Waals surface area contributed by atoms with Gasteiger partial charge in [-0.25, -0.2) is 18.2 Å². The van der Waals surface area contributed by atoms with Crippen molar-refractivity contribution in [2.45, 2.75) is 18.8 Å². The summed E-state index contributed by atoms with van der Waals surface area (Å²) in [5, 5.41) is 9.14. The Bertz CT molecular complexity index is 765. The van der Waals surface area contributed by atoms with E-state index in [0.717, 1.165) is 5.69 Å². The highest BCUT2D eigenvalue weighted by atomic mass is 32.2. The molecule has 0 saturated carbocycles. The van der Waals surface area contributed by atoms with Crippen LogP contribution in [-0.2, 0) is 9.84 Å². The van der Waals surface area contributed by atoms with Gasteiger partial charge in [0.25, 0.3) is 0 Å². The smallest absolute Gasteiger partial charge is 0.339 e. The summed E-state index contributed by atoms with van der Waals surface area (Å²) in [7, 11) is -2.90. The Morgan fingerprint density at radius 1 is 1.35 bits per heavy atom. The van der Waals surface area contributed by atoms with Crippen molar-refractivity contribution in [2.75, 3.05) is 11.5 Å². The van der Waals surface area contributed by atoms with Crippen molar-refractivity contribution in [3.05, 3.63) is 35.8 Å². The number of hydrogen-bond donors (Lipinski definition) is 1. The first-order chi connectivity index (χ1) is 9.46. The molecule has 1 aliphatic heterocycles. The Hall–Kier alpha value is -1.89. The van der Waals surface area contributed by atoms with E-state index >= 15 is 0 Å². The molecule has 0 unspecified atom stereocenters. The normalized spacial score (nSPS) is 19.2. The minimum Gasteiger partial charge on any atom is -0.478 e. The maximum Gasteiger partial charge on any atom is 0.339 e. The van der Waals surface area contributed by atoms with Crippen LogP contribution in [0, 0.1) is 0 Å². The average molecular weight is 294 g/mol. The van der Waals surface area contributed by atoms with Crippen molar-refractivity contribution in [1.82, 2.24) is 9.38 Å². The standard InChI is InChI=1S/C13H14N2O4S/c16-13(17)10-2-1-5-15-8-11(14-12(10)15)9-3-6-20(18,19)7-4-9/h1-2,5,8-9H,3-4,6-7H2,(H,16,17). The Labute approximate surface area is 116 Å². The van der Waals surface area contributed by atoms with Crippen molar-refractivity contribution < 1.29 is 18.3 Å². The van der Waals surface area contributed by atoms with Gasteiger partial charge in [-0.2, -0.15) is 0 Å². The molecule has 20 heavy (non-hydrogen) atoms. The van der Waals surface area contributed by atoms with Gasteiger partial charge in [-0.3, -0.25) is 0 Å². The van der Waals surface area contributed by atoms with E-state index in [-0.39, 0.29) is 23.0 Å². The number of imidazole rings is 1. The molecule has 1 saturated heterocycles. The lowest BCUT2D eigenvalue weighted by atomic mass is 10.00. The Morgan fingerprint density at radius 3 is 2.70 bits per heavy atom. The molecular weight excluding hydrogens is 280 g/mol. The number of sulfone groups is 1. The van der Waals surface area contributed by atoms with Crippen LogP contribution in [0.1, 0.15) is 34.8 Å². The van der Waals surface area contributed by atoms with Gasteiger partial charge < -0.3 is 9.51 Å². The SMILES string of the molecule is O=C(O)c1cccn2cc(C3CCS(=O)(=O)CC3)nc12. The number of carboxylic acid groups (broad SMARTS) is 1. The number of pyridine rings is 1. The van der Waals surface area contributed by atoms with E-state index in [0.29, 0.717) is 18.5 Å². The molecule has 0 amide bonds. The maximum atomic E-state index is 11.4. The lowest BCUT2D eigenvalue weighted by molar-refractivity contribution is 0.0698. The van der Waals surface area contributed by atoms with E-state index in [2.05, 4.69) is 4.98 Å². The molecule has 1 aliphatic rings. The molecule has 0 bridgehead atoms. The topological polar surface area (TPSA) is 88.7 Å². The van der Waals surface area contributed by atoms with Crippen LogP contribution in [0.4, 0.5) is 0 Å². The van der Waals surface area contributed by atoms with E-state index in [1.54, 1.807) is 22.9 Å². The number of fused-ring (bicyclic) bond motifs is 1. The molecule has 106 valence electrons. The first-order valence-corrected chi connectivity index (χ1v) is 8.20. The summed E-state index contributed by atoms with van der Waals surface area (Å²) >= 11 is 0. The predicted molar refractivity (Wildman–Crippen MR) is 72.8 cm³/mol. The molecule has 0 aliphatic carbocycles. The lowest BCUT2D eigenvalue weighted by Gasteiger charge is -2.19. The van der Waals surface area contributed by atoms with Gasteiger partial charge in [-0.05, 0) is 25.0 Å². The molecule has 2 aromatic rings. The highest BCUT2D eigenvalue weighted by Crippen LogP contribution is 2.29. The Kier molecular flexibility index (Phi) is 3.01. The molecule has 3 heterocycles. The third kappa shape index (κ3) is 2.29. The van der Waals surface area contributed by atoms with E-state index in [1.807, 2.05) is 0 Å². The van der Waals surface area contributed by atoms with Crippen molar-refractivity contribution in [3.8, 4) is 0 Å². The van der Waals surface area contributed by atoms with Gasteiger partial charge in [0.15, 0.2) is 5.65 Å². The van der Waals surface area contributed by atoms with Crippen LogP contribution in [0.5, 0.6) is 0 Å². The quantitative estimate of drug-likeness (QED) is 0.902. The molecule has 2 aromatic heterocycles. The summed E-state index contributed by atoms with van der Waals surface area (Å²) in [6.45, 7) is 0. The molecule has 0 atom stereocenters. The van der Waals surface area contributed by atoms with Gasteiger partial charge in [-0.1, -0.05) is 0 Å². The molecular formula is C13H14N2O4S. The molecule has 0 radical (unpaired) electrons. The first-order valence-electron chi connectivity index (χ1n) is 6.37. The van der Waals surface area contributed by atoms with Crippen molar-refractivity contribution in [1.29, 1.82) is 0 Å². The number of carboxylic acids is 1. The van der Waals surface area contributed by atoms with Gasteiger partial charge in [-0.15, -0.1) is 0 Å². The highest BCUT2D eigenvalue weighted by Gasteiger charge is 2.26. The van der Waals surface area contributed by atoms with Gasteiger partial charge in [0.1, 0.15) is 15.4 Å². The third-order valence-corrected chi connectivity index (χ3v) is 5.42. The second-order valence-electron chi connectivity index (χ2n) is 5.05. The van der Waals surface area contributed by atoms with Crippen LogP contribution in [-0.4, -0.2) is 40.4 Å². The largest absolute Gasteiger partial charge is 0.478 e. The molecule has 3 rings (SSSR count). The number of aromatic carboxylic acids is 1. The summed E-state index contributed by atoms with van der Waals surface area (Å²) in [5.74, 6) is -0.576. The van der Waals surface area contributed by atoms with Crippen LogP contribution >= 0.6 is 0 Å². The fourth-order valence-electron chi connectivity index (χ4n) is 2.58. The molecule has 0 spiro atoms. The molecule has 0 aromatic carbocycles. The Morgan fingerprint density at radius 2 is 2.05 bits per heavy atom. The van der Waals surface area contributed by atoms with Gasteiger partial charge >= 0.3 is 5.97 Å². The molecule has 1 N–H and O–H groups in total. The summed E-state index contributed by atoms with van der Waals surface area (Å²) < 4.78 is 24.6. The zero-order valence-corrected chi connectivity index (χ0v) is 11.5. The number of rotatable bonds is 2. The Balaban J connectivity index is 1.98. The monoisotopic (exact) mass is 294 g/mol.